The number of carbonyl (C=O) groups is 1. The summed E-state index contributed by atoms with van der Waals surface area (Å²) in [6.07, 6.45) is 4.53. The van der Waals surface area contributed by atoms with Crippen LogP contribution in [0.2, 0.25) is 0 Å². The first-order chi connectivity index (χ1) is 13.1. The third-order valence-electron chi connectivity index (χ3n) is 6.31. The van der Waals surface area contributed by atoms with Gasteiger partial charge in [0.25, 0.3) is 5.91 Å². The summed E-state index contributed by atoms with van der Waals surface area (Å²) >= 11 is 0. The van der Waals surface area contributed by atoms with Crippen molar-refractivity contribution in [2.24, 2.45) is 5.92 Å². The van der Waals surface area contributed by atoms with Crippen LogP contribution in [0.4, 0.5) is 0 Å². The number of carbonyl (C=O) groups excluding carboxylic acids is 1. The van der Waals surface area contributed by atoms with Gasteiger partial charge in [0, 0.05) is 23.6 Å². The molecule has 1 aliphatic heterocycles. The number of fused-ring (bicyclic) bond motifs is 1. The number of nitrogens with zero attached hydrogens (tertiary/aromatic N) is 1. The van der Waals surface area contributed by atoms with E-state index in [1.165, 1.54) is 0 Å². The van der Waals surface area contributed by atoms with E-state index in [-0.39, 0.29) is 17.9 Å². The van der Waals surface area contributed by atoms with Crippen molar-refractivity contribution in [3.63, 3.8) is 0 Å². The molecule has 2 fully saturated rings. The quantitative estimate of drug-likeness (QED) is 0.887. The smallest absolute Gasteiger partial charge is 0.254 e. The molecule has 2 aromatic carbocycles. The lowest BCUT2D eigenvalue weighted by atomic mass is 9.66. The van der Waals surface area contributed by atoms with E-state index in [9.17, 15) is 9.90 Å². The topological polar surface area (TPSA) is 49.8 Å². The van der Waals surface area contributed by atoms with Gasteiger partial charge < -0.3 is 14.7 Å². The molecular weight excluding hydrogens is 338 g/mol. The minimum absolute atomic E-state index is 0.0270. The minimum Gasteiger partial charge on any atom is -0.496 e. The van der Waals surface area contributed by atoms with Gasteiger partial charge in [-0.1, -0.05) is 49.2 Å². The van der Waals surface area contributed by atoms with Gasteiger partial charge in [-0.3, -0.25) is 4.79 Å². The molecule has 0 spiro atoms. The molecule has 1 saturated carbocycles. The number of aliphatic hydroxyl groups is 1. The third kappa shape index (κ3) is 3.23. The van der Waals surface area contributed by atoms with E-state index >= 15 is 0 Å². The van der Waals surface area contributed by atoms with Gasteiger partial charge in [0.2, 0.25) is 0 Å². The average molecular weight is 365 g/mol. The summed E-state index contributed by atoms with van der Waals surface area (Å²) in [6, 6.07) is 17.2. The van der Waals surface area contributed by atoms with Crippen LogP contribution in [0.3, 0.4) is 0 Å². The molecular formula is C23H27NO3. The van der Waals surface area contributed by atoms with Gasteiger partial charge >= 0.3 is 0 Å². The zero-order chi connectivity index (χ0) is 18.9. The van der Waals surface area contributed by atoms with Crippen molar-refractivity contribution >= 4 is 5.91 Å². The second-order valence-corrected chi connectivity index (χ2v) is 7.76. The highest BCUT2D eigenvalue weighted by molar-refractivity contribution is 5.94. The summed E-state index contributed by atoms with van der Waals surface area (Å²) < 4.78 is 5.63. The maximum atomic E-state index is 13.4. The number of para-hydroxylation sites is 1. The maximum absolute atomic E-state index is 13.4. The Balaban J connectivity index is 1.79. The van der Waals surface area contributed by atoms with E-state index in [1.807, 2.05) is 59.5 Å². The number of amides is 1. The highest BCUT2D eigenvalue weighted by atomic mass is 16.5. The Bertz CT molecular complexity index is 806. The van der Waals surface area contributed by atoms with E-state index in [0.717, 1.165) is 37.0 Å². The molecule has 0 radical (unpaired) electrons. The van der Waals surface area contributed by atoms with Crippen LogP contribution in [0.15, 0.2) is 54.6 Å². The van der Waals surface area contributed by atoms with Gasteiger partial charge in [-0.25, -0.2) is 0 Å². The van der Waals surface area contributed by atoms with E-state index in [0.29, 0.717) is 18.5 Å². The number of hydrogen-bond donors (Lipinski definition) is 1. The molecule has 4 heteroatoms. The summed E-state index contributed by atoms with van der Waals surface area (Å²) in [5.41, 5.74) is 0.991. The lowest BCUT2D eigenvalue weighted by Crippen LogP contribution is -2.56. The predicted molar refractivity (Wildman–Crippen MR) is 105 cm³/mol. The molecule has 1 saturated heterocycles. The van der Waals surface area contributed by atoms with Crippen LogP contribution < -0.4 is 4.74 Å². The molecule has 142 valence electrons. The van der Waals surface area contributed by atoms with Crippen molar-refractivity contribution in [3.05, 3.63) is 65.7 Å². The SMILES string of the molecule is COc1ccccc1[C@@H]1[C@H]2CCCC[C@]2(O)CCN1C(=O)c1ccccc1. The molecule has 0 bridgehead atoms. The lowest BCUT2D eigenvalue weighted by molar-refractivity contribution is -0.115. The van der Waals surface area contributed by atoms with Gasteiger partial charge in [0.15, 0.2) is 0 Å². The summed E-state index contributed by atoms with van der Waals surface area (Å²) in [4.78, 5) is 15.3. The van der Waals surface area contributed by atoms with Crippen LogP contribution in [-0.4, -0.2) is 35.2 Å². The van der Waals surface area contributed by atoms with Gasteiger partial charge in [-0.05, 0) is 37.5 Å². The molecule has 1 amide bonds. The first-order valence-electron chi connectivity index (χ1n) is 9.85. The molecule has 3 atom stereocenters. The molecule has 0 aromatic heterocycles. The zero-order valence-corrected chi connectivity index (χ0v) is 15.8. The second-order valence-electron chi connectivity index (χ2n) is 7.76. The largest absolute Gasteiger partial charge is 0.496 e. The summed E-state index contributed by atoms with van der Waals surface area (Å²) in [7, 11) is 1.66. The molecule has 4 rings (SSSR count). The third-order valence-corrected chi connectivity index (χ3v) is 6.31. The van der Waals surface area contributed by atoms with Crippen LogP contribution in [0.5, 0.6) is 5.75 Å². The Morgan fingerprint density at radius 3 is 2.59 bits per heavy atom. The van der Waals surface area contributed by atoms with Crippen molar-refractivity contribution in [1.82, 2.24) is 4.90 Å². The standard InChI is InChI=1S/C23H27NO3/c1-27-20-13-6-5-11-18(20)21-19-12-7-8-14-23(19,26)15-16-24(21)22(25)17-9-3-2-4-10-17/h2-6,9-11,13,19,21,26H,7-8,12,14-16H2,1H3/t19-,21-,23+/m1/s1. The zero-order valence-electron chi connectivity index (χ0n) is 15.8. The summed E-state index contributed by atoms with van der Waals surface area (Å²) in [5.74, 6) is 0.839. The molecule has 2 aromatic rings. The molecule has 1 N–H and O–H groups in total. The number of methoxy groups -OCH3 is 1. The van der Waals surface area contributed by atoms with Crippen molar-refractivity contribution < 1.29 is 14.6 Å². The van der Waals surface area contributed by atoms with E-state index in [2.05, 4.69) is 0 Å². The number of piperidine rings is 1. The van der Waals surface area contributed by atoms with Gasteiger partial charge in [0.05, 0.1) is 18.8 Å². The van der Waals surface area contributed by atoms with Crippen LogP contribution in [0.25, 0.3) is 0 Å². The molecule has 1 heterocycles. The van der Waals surface area contributed by atoms with Crippen molar-refractivity contribution in [1.29, 1.82) is 0 Å². The first-order valence-corrected chi connectivity index (χ1v) is 9.85. The Morgan fingerprint density at radius 1 is 1.07 bits per heavy atom. The van der Waals surface area contributed by atoms with Gasteiger partial charge in [-0.2, -0.15) is 0 Å². The number of hydrogen-bond acceptors (Lipinski definition) is 3. The van der Waals surface area contributed by atoms with E-state index in [1.54, 1.807) is 7.11 Å². The fraction of sp³-hybridized carbons (Fsp3) is 0.435. The maximum Gasteiger partial charge on any atom is 0.254 e. The van der Waals surface area contributed by atoms with Crippen molar-refractivity contribution in [2.75, 3.05) is 13.7 Å². The lowest BCUT2D eigenvalue weighted by Gasteiger charge is -2.52. The Hall–Kier alpha value is -2.33. The molecule has 2 aliphatic rings. The van der Waals surface area contributed by atoms with Crippen molar-refractivity contribution in [2.45, 2.75) is 43.7 Å². The first kappa shape index (κ1) is 18.1. The molecule has 27 heavy (non-hydrogen) atoms. The highest BCUT2D eigenvalue weighted by Gasteiger charge is 2.50. The van der Waals surface area contributed by atoms with E-state index < -0.39 is 5.60 Å². The summed E-state index contributed by atoms with van der Waals surface area (Å²) in [6.45, 7) is 0.559. The molecule has 4 nitrogen and oxygen atoms in total. The molecule has 1 aliphatic carbocycles. The Kier molecular flexibility index (Phi) is 4.92. The van der Waals surface area contributed by atoms with Crippen LogP contribution in [0.1, 0.15) is 54.1 Å². The second kappa shape index (κ2) is 7.35. The number of likely N-dealkylation sites (tertiary alicyclic amines) is 1. The monoisotopic (exact) mass is 365 g/mol. The van der Waals surface area contributed by atoms with Gasteiger partial charge in [0.1, 0.15) is 5.75 Å². The van der Waals surface area contributed by atoms with Crippen LogP contribution >= 0.6 is 0 Å². The van der Waals surface area contributed by atoms with Crippen molar-refractivity contribution in [3.8, 4) is 5.75 Å². The normalized spacial score (nSPS) is 27.7. The minimum atomic E-state index is -0.697. The van der Waals surface area contributed by atoms with Gasteiger partial charge in [-0.15, -0.1) is 0 Å². The Labute approximate surface area is 160 Å². The predicted octanol–water partition coefficient (Wildman–Crippen LogP) is 4.20. The number of benzene rings is 2. The van der Waals surface area contributed by atoms with E-state index in [4.69, 9.17) is 4.74 Å². The summed E-state index contributed by atoms with van der Waals surface area (Å²) in [5, 5.41) is 11.4. The number of ether oxygens (including phenoxy) is 1. The average Bonchev–Trinajstić information content (AvgIpc) is 2.72. The molecule has 0 unspecified atom stereocenters. The number of rotatable bonds is 3. The highest BCUT2D eigenvalue weighted by Crippen LogP contribution is 2.51. The fourth-order valence-corrected chi connectivity index (χ4v) is 4.95. The van der Waals surface area contributed by atoms with Crippen LogP contribution in [-0.2, 0) is 0 Å². The fourth-order valence-electron chi connectivity index (χ4n) is 4.95. The Morgan fingerprint density at radius 2 is 1.81 bits per heavy atom. The van der Waals surface area contributed by atoms with Crippen LogP contribution in [0, 0.1) is 5.92 Å².